The van der Waals surface area contributed by atoms with Crippen molar-refractivity contribution in [1.82, 2.24) is 40.1 Å². The molecule has 0 fully saturated rings. The number of carbonyl (C=O) groups is 1. The zero-order valence-corrected chi connectivity index (χ0v) is 17.0. The van der Waals surface area contributed by atoms with Crippen molar-refractivity contribution in [3.63, 3.8) is 0 Å². The van der Waals surface area contributed by atoms with Gasteiger partial charge < -0.3 is 15.6 Å². The predicted octanol–water partition coefficient (Wildman–Crippen LogP) is 1.97. The molecule has 0 aliphatic rings. The minimum Gasteiger partial charge on any atom is -0.383 e. The van der Waals surface area contributed by atoms with Crippen LogP contribution < -0.4 is 11.1 Å². The van der Waals surface area contributed by atoms with Crippen LogP contribution in [0.5, 0.6) is 0 Å². The number of hydrogen-bond donors (Lipinski definition) is 2. The van der Waals surface area contributed by atoms with Crippen molar-refractivity contribution in [3.8, 4) is 5.69 Å². The van der Waals surface area contributed by atoms with Gasteiger partial charge in [0.05, 0.1) is 11.9 Å². The number of nitrogens with one attached hydrogen (secondary N) is 1. The first-order valence-electron chi connectivity index (χ1n) is 9.94. The second kappa shape index (κ2) is 8.26. The number of nitrogens with zero attached hydrogens (tertiary/aromatic N) is 7. The van der Waals surface area contributed by atoms with Crippen molar-refractivity contribution < 1.29 is 4.79 Å². The maximum atomic E-state index is 12.4. The van der Waals surface area contributed by atoms with Crippen molar-refractivity contribution in [1.29, 1.82) is 0 Å². The number of rotatable bonds is 6. The number of benzene rings is 2. The first-order valence-corrected chi connectivity index (χ1v) is 9.94. The number of aromatic nitrogens is 7. The molecule has 10 heteroatoms. The summed E-state index contributed by atoms with van der Waals surface area (Å²) < 4.78 is 1.94. The maximum Gasteiger partial charge on any atom is 0.293 e. The molecule has 0 saturated carbocycles. The summed E-state index contributed by atoms with van der Waals surface area (Å²) in [5.74, 6) is 0.105. The van der Waals surface area contributed by atoms with Crippen molar-refractivity contribution in [2.45, 2.75) is 13.1 Å². The number of fused-ring (bicyclic) bond motifs is 1. The SMILES string of the molecule is Nc1ncnc2c1ccn2-c1ccc(CNC(=O)c2nnn(Cc3ccccc3)n2)cc1. The summed E-state index contributed by atoms with van der Waals surface area (Å²) in [5, 5.41) is 15.6. The van der Waals surface area contributed by atoms with Crippen molar-refractivity contribution in [3.05, 3.63) is 90.1 Å². The summed E-state index contributed by atoms with van der Waals surface area (Å²) in [6.07, 6.45) is 3.35. The molecule has 0 atom stereocenters. The molecule has 0 radical (unpaired) electrons. The van der Waals surface area contributed by atoms with Gasteiger partial charge in [-0.1, -0.05) is 42.5 Å². The van der Waals surface area contributed by atoms with Gasteiger partial charge in [-0.3, -0.25) is 4.79 Å². The number of tetrazole rings is 1. The van der Waals surface area contributed by atoms with Crippen LogP contribution in [0.3, 0.4) is 0 Å². The molecule has 0 bridgehead atoms. The monoisotopic (exact) mass is 425 g/mol. The minimum atomic E-state index is -0.378. The number of nitrogen functional groups attached to an aromatic ring is 1. The molecule has 3 aromatic heterocycles. The molecule has 2 aromatic carbocycles. The van der Waals surface area contributed by atoms with Crippen molar-refractivity contribution in [2.24, 2.45) is 0 Å². The van der Waals surface area contributed by atoms with Gasteiger partial charge in [0, 0.05) is 18.4 Å². The Hall–Kier alpha value is -4.60. The van der Waals surface area contributed by atoms with E-state index in [9.17, 15) is 4.79 Å². The fraction of sp³-hybridized carbons (Fsp3) is 0.0909. The third-order valence-electron chi connectivity index (χ3n) is 5.00. The Morgan fingerprint density at radius 2 is 1.78 bits per heavy atom. The van der Waals surface area contributed by atoms with Crippen LogP contribution in [0.1, 0.15) is 21.7 Å². The van der Waals surface area contributed by atoms with Crippen LogP contribution in [-0.4, -0.2) is 40.6 Å². The lowest BCUT2D eigenvalue weighted by Gasteiger charge is -2.07. The number of amides is 1. The summed E-state index contributed by atoms with van der Waals surface area (Å²) >= 11 is 0. The molecule has 3 N–H and O–H groups in total. The second-order valence-corrected chi connectivity index (χ2v) is 7.16. The van der Waals surface area contributed by atoms with Crippen molar-refractivity contribution >= 4 is 22.8 Å². The van der Waals surface area contributed by atoms with Crippen LogP contribution >= 0.6 is 0 Å². The average molecular weight is 425 g/mol. The van der Waals surface area contributed by atoms with Gasteiger partial charge in [-0.25, -0.2) is 9.97 Å². The number of hydrogen-bond acceptors (Lipinski definition) is 7. The van der Waals surface area contributed by atoms with E-state index in [0.717, 1.165) is 27.8 Å². The lowest BCUT2D eigenvalue weighted by Crippen LogP contribution is -2.24. The fourth-order valence-corrected chi connectivity index (χ4v) is 3.36. The van der Waals surface area contributed by atoms with E-state index in [2.05, 4.69) is 30.7 Å². The van der Waals surface area contributed by atoms with E-state index in [1.165, 1.54) is 11.1 Å². The van der Waals surface area contributed by atoms with E-state index in [1.54, 1.807) is 0 Å². The Balaban J connectivity index is 1.23. The Labute approximate surface area is 182 Å². The van der Waals surface area contributed by atoms with Crippen molar-refractivity contribution in [2.75, 3.05) is 5.73 Å². The summed E-state index contributed by atoms with van der Waals surface area (Å²) in [6.45, 7) is 0.793. The number of nitrogens with two attached hydrogens (primary N) is 1. The molecule has 3 heterocycles. The number of anilines is 1. The Morgan fingerprint density at radius 3 is 2.59 bits per heavy atom. The van der Waals surface area contributed by atoms with Crippen LogP contribution in [0, 0.1) is 0 Å². The van der Waals surface area contributed by atoms with Gasteiger partial charge in [0.25, 0.3) is 11.7 Å². The quantitative estimate of drug-likeness (QED) is 0.425. The highest BCUT2D eigenvalue weighted by atomic mass is 16.2. The largest absolute Gasteiger partial charge is 0.383 e. The van der Waals surface area contributed by atoms with Gasteiger partial charge in [-0.05, 0) is 34.5 Å². The first kappa shape index (κ1) is 19.4. The third-order valence-corrected chi connectivity index (χ3v) is 5.00. The average Bonchev–Trinajstić information content (AvgIpc) is 3.47. The Bertz CT molecular complexity index is 1370. The highest BCUT2D eigenvalue weighted by Gasteiger charge is 2.13. The van der Waals surface area contributed by atoms with Crippen LogP contribution in [0.2, 0.25) is 0 Å². The lowest BCUT2D eigenvalue weighted by molar-refractivity contribution is 0.0940. The highest BCUT2D eigenvalue weighted by molar-refractivity contribution is 5.90. The van der Waals surface area contributed by atoms with Crippen LogP contribution in [0.25, 0.3) is 16.7 Å². The van der Waals surface area contributed by atoms with Gasteiger partial charge in [-0.2, -0.15) is 4.80 Å². The van der Waals surface area contributed by atoms with Crippen LogP contribution in [0.4, 0.5) is 5.82 Å². The first-order chi connectivity index (χ1) is 15.7. The molecule has 5 rings (SSSR count). The number of carbonyl (C=O) groups excluding carboxylic acids is 1. The smallest absolute Gasteiger partial charge is 0.293 e. The fourth-order valence-electron chi connectivity index (χ4n) is 3.36. The van der Waals surface area contributed by atoms with E-state index in [0.29, 0.717) is 18.9 Å². The summed E-state index contributed by atoms with van der Waals surface area (Å²) in [5.41, 5.74) is 9.54. The molecule has 5 aromatic rings. The van der Waals surface area contributed by atoms with E-state index in [4.69, 9.17) is 5.73 Å². The Kier molecular flexibility index (Phi) is 5.00. The van der Waals surface area contributed by atoms with Crippen LogP contribution in [0.15, 0.2) is 73.2 Å². The lowest BCUT2D eigenvalue weighted by atomic mass is 10.2. The Morgan fingerprint density at radius 1 is 0.969 bits per heavy atom. The third kappa shape index (κ3) is 3.88. The maximum absolute atomic E-state index is 12.4. The molecular weight excluding hydrogens is 406 g/mol. The van der Waals surface area contributed by atoms with Crippen LogP contribution in [-0.2, 0) is 13.1 Å². The van der Waals surface area contributed by atoms with Gasteiger partial charge in [0.1, 0.15) is 17.8 Å². The molecule has 1 amide bonds. The predicted molar refractivity (Wildman–Crippen MR) is 118 cm³/mol. The molecule has 0 spiro atoms. The molecule has 10 nitrogen and oxygen atoms in total. The topological polar surface area (TPSA) is 129 Å². The van der Waals surface area contributed by atoms with E-state index >= 15 is 0 Å². The molecular formula is C22H19N9O. The molecule has 32 heavy (non-hydrogen) atoms. The minimum absolute atomic E-state index is 0.0358. The van der Waals surface area contributed by atoms with Gasteiger partial charge in [0.2, 0.25) is 0 Å². The van der Waals surface area contributed by atoms with Gasteiger partial charge in [0.15, 0.2) is 0 Å². The zero-order chi connectivity index (χ0) is 21.9. The molecule has 0 unspecified atom stereocenters. The summed E-state index contributed by atoms with van der Waals surface area (Å²) in [7, 11) is 0. The van der Waals surface area contributed by atoms with Gasteiger partial charge in [-0.15, -0.1) is 10.2 Å². The highest BCUT2D eigenvalue weighted by Crippen LogP contribution is 2.21. The van der Waals surface area contributed by atoms with Gasteiger partial charge >= 0.3 is 0 Å². The normalized spacial score (nSPS) is 11.0. The molecule has 0 aliphatic carbocycles. The standard InChI is InChI=1S/C22H19N9O/c23-19-18-10-11-30(21(18)26-14-25-19)17-8-6-15(7-9-17)12-24-22(32)20-27-29-31(28-20)13-16-4-2-1-3-5-16/h1-11,14H,12-13H2,(H,24,32)(H2,23,25,26). The van der Waals surface area contributed by atoms with E-state index in [1.807, 2.05) is 71.4 Å². The molecule has 158 valence electrons. The zero-order valence-electron chi connectivity index (χ0n) is 17.0. The second-order valence-electron chi connectivity index (χ2n) is 7.16. The summed E-state index contributed by atoms with van der Waals surface area (Å²) in [6, 6.07) is 19.4. The molecule has 0 saturated heterocycles. The molecule has 0 aliphatic heterocycles. The van der Waals surface area contributed by atoms with E-state index < -0.39 is 0 Å². The van der Waals surface area contributed by atoms with E-state index in [-0.39, 0.29) is 11.7 Å². The summed E-state index contributed by atoms with van der Waals surface area (Å²) in [4.78, 5) is 22.1.